The van der Waals surface area contributed by atoms with E-state index in [-0.39, 0.29) is 9.79 Å². The third kappa shape index (κ3) is 3.43. The van der Waals surface area contributed by atoms with Gasteiger partial charge in [-0.05, 0) is 66.9 Å². The molecule has 0 bridgehead atoms. The van der Waals surface area contributed by atoms with Gasteiger partial charge >= 0.3 is 0 Å². The first-order valence-electron chi connectivity index (χ1n) is 7.91. The molecule has 0 aliphatic carbocycles. The first kappa shape index (κ1) is 17.2. The van der Waals surface area contributed by atoms with E-state index in [1.54, 1.807) is 42.5 Å². The van der Waals surface area contributed by atoms with E-state index < -0.39 is 9.84 Å². The first-order chi connectivity index (χ1) is 11.9. The molecule has 3 aromatic rings. The highest BCUT2D eigenvalue weighted by Crippen LogP contribution is 2.29. The van der Waals surface area contributed by atoms with Crippen LogP contribution in [-0.4, -0.2) is 8.42 Å². The van der Waals surface area contributed by atoms with Crippen molar-refractivity contribution >= 4 is 15.5 Å². The number of nitrogen functional groups attached to an aromatic ring is 1. The Hall–Kier alpha value is -2.63. The zero-order valence-corrected chi connectivity index (χ0v) is 15.0. The summed E-state index contributed by atoms with van der Waals surface area (Å²) < 4.78 is 25.8. The molecule has 4 nitrogen and oxygen atoms in total. The van der Waals surface area contributed by atoms with Crippen LogP contribution in [0.3, 0.4) is 0 Å². The molecular formula is C20H20N2O2S. The Morgan fingerprint density at radius 3 is 2.20 bits per heavy atom. The number of hydrogen-bond acceptors (Lipinski definition) is 4. The molecular weight excluding hydrogens is 332 g/mol. The van der Waals surface area contributed by atoms with Gasteiger partial charge in [-0.1, -0.05) is 35.9 Å². The average molecular weight is 352 g/mol. The molecule has 0 amide bonds. The molecule has 0 saturated carbocycles. The molecule has 3 N–H and O–H groups in total. The van der Waals surface area contributed by atoms with Crippen LogP contribution in [-0.2, 0) is 9.84 Å². The van der Waals surface area contributed by atoms with Gasteiger partial charge in [0, 0.05) is 5.69 Å². The van der Waals surface area contributed by atoms with Gasteiger partial charge in [0.05, 0.1) is 9.79 Å². The lowest BCUT2D eigenvalue weighted by molar-refractivity contribution is 0.596. The van der Waals surface area contributed by atoms with Crippen LogP contribution in [0, 0.1) is 13.8 Å². The highest BCUT2D eigenvalue weighted by atomic mass is 32.2. The quantitative estimate of drug-likeness (QED) is 0.548. The zero-order chi connectivity index (χ0) is 18.0. The summed E-state index contributed by atoms with van der Waals surface area (Å²) in [5.41, 5.74) is 7.37. The summed E-state index contributed by atoms with van der Waals surface area (Å²) in [6.07, 6.45) is 0. The molecule has 0 fully saturated rings. The monoisotopic (exact) mass is 352 g/mol. The Labute approximate surface area is 148 Å². The van der Waals surface area contributed by atoms with Gasteiger partial charge in [0.2, 0.25) is 9.84 Å². The van der Waals surface area contributed by atoms with Gasteiger partial charge in [0.25, 0.3) is 0 Å². The fourth-order valence-corrected chi connectivity index (χ4v) is 4.14. The predicted octanol–water partition coefficient (Wildman–Crippen LogP) is 4.09. The molecule has 128 valence electrons. The minimum Gasteiger partial charge on any atom is -0.324 e. The van der Waals surface area contributed by atoms with Crippen molar-refractivity contribution in [2.24, 2.45) is 5.84 Å². The molecule has 0 unspecified atom stereocenters. The Bertz CT molecular complexity index is 1010. The van der Waals surface area contributed by atoms with Crippen LogP contribution in [0.4, 0.5) is 5.69 Å². The Morgan fingerprint density at radius 2 is 1.56 bits per heavy atom. The maximum Gasteiger partial charge on any atom is 0.206 e. The van der Waals surface area contributed by atoms with E-state index in [2.05, 4.69) is 11.5 Å². The van der Waals surface area contributed by atoms with Gasteiger partial charge in [0.15, 0.2) is 0 Å². The molecule has 0 atom stereocenters. The van der Waals surface area contributed by atoms with Crippen molar-refractivity contribution in [3.8, 4) is 11.1 Å². The molecule has 5 heteroatoms. The second kappa shape index (κ2) is 6.70. The summed E-state index contributed by atoms with van der Waals surface area (Å²) in [5, 5.41) is 0. The highest BCUT2D eigenvalue weighted by molar-refractivity contribution is 7.91. The zero-order valence-electron chi connectivity index (χ0n) is 14.2. The van der Waals surface area contributed by atoms with Crippen molar-refractivity contribution in [3.63, 3.8) is 0 Å². The minimum absolute atomic E-state index is 0.240. The number of nitrogens with two attached hydrogens (primary N) is 1. The number of hydrazine groups is 1. The number of benzene rings is 3. The molecule has 0 radical (unpaired) electrons. The summed E-state index contributed by atoms with van der Waals surface area (Å²) in [6, 6.07) is 19.6. The molecule has 0 aromatic heterocycles. The maximum atomic E-state index is 12.9. The van der Waals surface area contributed by atoms with Gasteiger partial charge in [-0.15, -0.1) is 0 Å². The molecule has 0 saturated heterocycles. The number of hydrogen-bond donors (Lipinski definition) is 2. The fourth-order valence-electron chi connectivity index (χ4n) is 2.83. The van der Waals surface area contributed by atoms with Crippen molar-refractivity contribution in [3.05, 3.63) is 77.9 Å². The largest absolute Gasteiger partial charge is 0.324 e. The SMILES string of the molecule is Cc1ccc(-c2cccc(S(=O)(=O)c3ccc(NN)cc3)c2)c(C)c1. The second-order valence-electron chi connectivity index (χ2n) is 6.02. The van der Waals surface area contributed by atoms with Crippen molar-refractivity contribution in [1.82, 2.24) is 0 Å². The highest BCUT2D eigenvalue weighted by Gasteiger charge is 2.18. The standard InChI is InChI=1S/C20H20N2O2S/c1-14-6-11-20(15(2)12-14)16-4-3-5-19(13-16)25(23,24)18-9-7-17(22-21)8-10-18/h3-13,22H,21H2,1-2H3. The Kier molecular flexibility index (Phi) is 4.61. The number of nitrogens with one attached hydrogen (secondary N) is 1. The fraction of sp³-hybridized carbons (Fsp3) is 0.100. The van der Waals surface area contributed by atoms with E-state index in [0.29, 0.717) is 5.69 Å². The predicted molar refractivity (Wildman–Crippen MR) is 101 cm³/mol. The topological polar surface area (TPSA) is 72.2 Å². The molecule has 25 heavy (non-hydrogen) atoms. The summed E-state index contributed by atoms with van der Waals surface area (Å²) in [4.78, 5) is 0.516. The van der Waals surface area contributed by atoms with Crippen molar-refractivity contribution in [2.75, 3.05) is 5.43 Å². The summed E-state index contributed by atoms with van der Waals surface area (Å²) in [5.74, 6) is 5.33. The van der Waals surface area contributed by atoms with E-state index in [1.807, 2.05) is 32.0 Å². The number of aryl methyl sites for hydroxylation is 2. The van der Waals surface area contributed by atoms with Crippen LogP contribution in [0.2, 0.25) is 0 Å². The summed E-state index contributed by atoms with van der Waals surface area (Å²) in [7, 11) is -3.58. The Morgan fingerprint density at radius 1 is 0.840 bits per heavy atom. The smallest absolute Gasteiger partial charge is 0.206 e. The van der Waals surface area contributed by atoms with Gasteiger partial charge < -0.3 is 5.43 Å². The number of rotatable bonds is 4. The van der Waals surface area contributed by atoms with E-state index in [1.165, 1.54) is 5.56 Å². The molecule has 0 aliphatic rings. The van der Waals surface area contributed by atoms with Gasteiger partial charge in [-0.2, -0.15) is 0 Å². The van der Waals surface area contributed by atoms with Crippen LogP contribution in [0.5, 0.6) is 0 Å². The van der Waals surface area contributed by atoms with Crippen molar-refractivity contribution in [2.45, 2.75) is 23.6 Å². The first-order valence-corrected chi connectivity index (χ1v) is 9.39. The van der Waals surface area contributed by atoms with E-state index in [4.69, 9.17) is 5.84 Å². The van der Waals surface area contributed by atoms with Crippen molar-refractivity contribution in [1.29, 1.82) is 0 Å². The summed E-state index contributed by atoms with van der Waals surface area (Å²) in [6.45, 7) is 4.07. The van der Waals surface area contributed by atoms with Crippen molar-refractivity contribution < 1.29 is 8.42 Å². The maximum absolute atomic E-state index is 12.9. The van der Waals surface area contributed by atoms with E-state index >= 15 is 0 Å². The number of anilines is 1. The molecule has 3 aromatic carbocycles. The molecule has 0 spiro atoms. The Balaban J connectivity index is 2.05. The van der Waals surface area contributed by atoms with Crippen LogP contribution < -0.4 is 11.3 Å². The number of sulfone groups is 1. The average Bonchev–Trinajstić information content (AvgIpc) is 2.62. The lowest BCUT2D eigenvalue weighted by Crippen LogP contribution is -2.07. The third-order valence-corrected chi connectivity index (χ3v) is 5.94. The second-order valence-corrected chi connectivity index (χ2v) is 7.97. The van der Waals surface area contributed by atoms with Gasteiger partial charge in [0.1, 0.15) is 0 Å². The van der Waals surface area contributed by atoms with E-state index in [9.17, 15) is 8.42 Å². The van der Waals surface area contributed by atoms with Crippen LogP contribution in [0.1, 0.15) is 11.1 Å². The third-order valence-electron chi connectivity index (χ3n) is 4.17. The minimum atomic E-state index is -3.58. The van der Waals surface area contributed by atoms with Crippen LogP contribution >= 0.6 is 0 Å². The lowest BCUT2D eigenvalue weighted by Gasteiger charge is -2.10. The molecule has 0 aliphatic heterocycles. The van der Waals surface area contributed by atoms with Crippen LogP contribution in [0.25, 0.3) is 11.1 Å². The van der Waals surface area contributed by atoms with E-state index in [0.717, 1.165) is 16.7 Å². The van der Waals surface area contributed by atoms with Crippen LogP contribution in [0.15, 0.2) is 76.5 Å². The van der Waals surface area contributed by atoms with Gasteiger partial charge in [-0.25, -0.2) is 8.42 Å². The molecule has 3 rings (SSSR count). The lowest BCUT2D eigenvalue weighted by atomic mass is 9.99. The normalized spacial score (nSPS) is 11.3. The summed E-state index contributed by atoms with van der Waals surface area (Å²) >= 11 is 0. The molecule has 0 heterocycles. The van der Waals surface area contributed by atoms with Gasteiger partial charge in [-0.3, -0.25) is 5.84 Å².